The molecule has 72 valence electrons. The van der Waals surface area contributed by atoms with Crippen molar-refractivity contribution >= 4 is 39.0 Å². The third kappa shape index (κ3) is 1.42. The maximum atomic E-state index is 10.7. The molecule has 0 aliphatic heterocycles. The van der Waals surface area contributed by atoms with Crippen molar-refractivity contribution in [1.29, 1.82) is 0 Å². The average molecular weight is 229 g/mol. The van der Waals surface area contributed by atoms with Gasteiger partial charge in [-0.3, -0.25) is 0 Å². The first-order chi connectivity index (χ1) is 6.58. The number of carbonyl (C=O) groups is 1. The average Bonchev–Trinajstić information content (AvgIpc) is 2.45. The minimum absolute atomic E-state index is 0.0527. The van der Waals surface area contributed by atoms with Crippen molar-refractivity contribution in [3.05, 3.63) is 28.1 Å². The first kappa shape index (κ1) is 9.30. The number of benzene rings is 1. The monoisotopic (exact) mass is 228 g/mol. The molecule has 0 amide bonds. The fourth-order valence-electron chi connectivity index (χ4n) is 1.21. The van der Waals surface area contributed by atoms with Crippen molar-refractivity contribution in [1.82, 2.24) is 0 Å². The van der Waals surface area contributed by atoms with Crippen LogP contribution in [0.25, 0.3) is 10.1 Å². The summed E-state index contributed by atoms with van der Waals surface area (Å²) >= 11 is 6.99. The molecule has 1 heterocycles. The summed E-state index contributed by atoms with van der Waals surface area (Å²) in [6, 6.07) is 4.32. The highest BCUT2D eigenvalue weighted by atomic mass is 35.5. The third-order valence-electron chi connectivity index (χ3n) is 1.83. The highest BCUT2D eigenvalue weighted by Gasteiger charge is 2.10. The normalized spacial score (nSPS) is 10.6. The van der Waals surface area contributed by atoms with Crippen LogP contribution >= 0.6 is 22.9 Å². The molecule has 0 unspecified atom stereocenters. The predicted molar refractivity (Wildman–Crippen MR) is 55.5 cm³/mol. The van der Waals surface area contributed by atoms with E-state index < -0.39 is 5.97 Å². The number of thiophene rings is 1. The molecule has 0 aliphatic carbocycles. The number of halogens is 1. The molecular weight excluding hydrogens is 224 g/mol. The van der Waals surface area contributed by atoms with Gasteiger partial charge in [-0.05, 0) is 18.2 Å². The molecule has 1 aromatic heterocycles. The van der Waals surface area contributed by atoms with E-state index in [1.807, 2.05) is 0 Å². The van der Waals surface area contributed by atoms with Gasteiger partial charge in [0.15, 0.2) is 0 Å². The highest BCUT2D eigenvalue weighted by molar-refractivity contribution is 7.22. The van der Waals surface area contributed by atoms with E-state index in [2.05, 4.69) is 0 Å². The van der Waals surface area contributed by atoms with Crippen molar-refractivity contribution in [2.45, 2.75) is 0 Å². The fraction of sp³-hybridized carbons (Fsp3) is 0. The summed E-state index contributed by atoms with van der Waals surface area (Å²) in [5, 5.41) is 18.8. The molecule has 0 fully saturated rings. The molecule has 3 nitrogen and oxygen atoms in total. The molecule has 2 aromatic rings. The molecule has 0 spiro atoms. The number of carboxylic acids is 1. The van der Waals surface area contributed by atoms with Crippen LogP contribution in [0.5, 0.6) is 5.75 Å². The number of phenolic OH excluding ortho intramolecular Hbond substituents is 1. The number of carboxylic acid groups (broad SMARTS) is 1. The number of hydrogen-bond acceptors (Lipinski definition) is 3. The second-order valence-electron chi connectivity index (χ2n) is 2.76. The highest BCUT2D eigenvalue weighted by Crippen LogP contribution is 2.35. The van der Waals surface area contributed by atoms with Crippen LogP contribution in [0.15, 0.2) is 18.2 Å². The lowest BCUT2D eigenvalue weighted by atomic mass is 10.1. The molecule has 0 radical (unpaired) electrons. The third-order valence-corrected chi connectivity index (χ3v) is 3.04. The van der Waals surface area contributed by atoms with E-state index in [1.165, 1.54) is 23.5 Å². The van der Waals surface area contributed by atoms with Gasteiger partial charge in [0.05, 0.1) is 9.90 Å². The summed E-state index contributed by atoms with van der Waals surface area (Å²) in [4.78, 5) is 10.7. The van der Waals surface area contributed by atoms with Gasteiger partial charge in [-0.25, -0.2) is 4.79 Å². The Morgan fingerprint density at radius 1 is 1.36 bits per heavy atom. The molecule has 0 atom stereocenters. The number of aromatic hydroxyl groups is 1. The van der Waals surface area contributed by atoms with Gasteiger partial charge in [-0.15, -0.1) is 11.3 Å². The van der Waals surface area contributed by atoms with Gasteiger partial charge < -0.3 is 10.2 Å². The van der Waals surface area contributed by atoms with Gasteiger partial charge in [0.2, 0.25) is 0 Å². The van der Waals surface area contributed by atoms with E-state index in [1.54, 1.807) is 6.07 Å². The quantitative estimate of drug-likeness (QED) is 0.789. The number of hydrogen-bond donors (Lipinski definition) is 2. The zero-order valence-electron chi connectivity index (χ0n) is 6.82. The summed E-state index contributed by atoms with van der Waals surface area (Å²) in [5.74, 6) is -1.12. The first-order valence-corrected chi connectivity index (χ1v) is 4.93. The Morgan fingerprint density at radius 2 is 2.07 bits per heavy atom. The molecule has 2 N–H and O–H groups in total. The van der Waals surface area contributed by atoms with Crippen molar-refractivity contribution in [3.63, 3.8) is 0 Å². The zero-order chi connectivity index (χ0) is 10.3. The van der Waals surface area contributed by atoms with Gasteiger partial charge in [0.1, 0.15) is 5.75 Å². The van der Waals surface area contributed by atoms with E-state index in [9.17, 15) is 9.90 Å². The minimum atomic E-state index is -1.06. The largest absolute Gasteiger partial charge is 0.507 e. The molecule has 0 saturated carbocycles. The summed E-state index contributed by atoms with van der Waals surface area (Å²) in [5.41, 5.74) is 0.0634. The lowest BCUT2D eigenvalue weighted by Gasteiger charge is -1.97. The van der Waals surface area contributed by atoms with Crippen molar-refractivity contribution < 1.29 is 15.0 Å². The molecule has 0 saturated heterocycles. The maximum absolute atomic E-state index is 10.7. The maximum Gasteiger partial charge on any atom is 0.335 e. The molecule has 5 heteroatoms. The molecule has 14 heavy (non-hydrogen) atoms. The minimum Gasteiger partial charge on any atom is -0.507 e. The molecule has 2 rings (SSSR count). The smallest absolute Gasteiger partial charge is 0.335 e. The Balaban J connectivity index is 2.77. The lowest BCUT2D eigenvalue weighted by Crippen LogP contribution is -1.94. The van der Waals surface area contributed by atoms with Gasteiger partial charge in [0, 0.05) is 10.1 Å². The van der Waals surface area contributed by atoms with Crippen LogP contribution in [0.3, 0.4) is 0 Å². The van der Waals surface area contributed by atoms with Crippen molar-refractivity contribution in [2.75, 3.05) is 0 Å². The van der Waals surface area contributed by atoms with E-state index in [0.717, 1.165) is 0 Å². The molecule has 1 aromatic carbocycles. The van der Waals surface area contributed by atoms with Gasteiger partial charge in [0.25, 0.3) is 0 Å². The molecule has 0 bridgehead atoms. The summed E-state index contributed by atoms with van der Waals surface area (Å²) < 4.78 is 1.20. The Kier molecular flexibility index (Phi) is 2.09. The van der Waals surface area contributed by atoms with Crippen LogP contribution in [-0.4, -0.2) is 16.2 Å². The van der Waals surface area contributed by atoms with Crippen LogP contribution in [0, 0.1) is 0 Å². The van der Waals surface area contributed by atoms with Gasteiger partial charge in [-0.2, -0.15) is 0 Å². The zero-order valence-corrected chi connectivity index (χ0v) is 8.39. The summed E-state index contributed by atoms with van der Waals surface area (Å²) in [7, 11) is 0. The van der Waals surface area contributed by atoms with E-state index in [0.29, 0.717) is 14.4 Å². The number of aromatic carboxylic acids is 1. The predicted octanol–water partition coefficient (Wildman–Crippen LogP) is 2.96. The van der Waals surface area contributed by atoms with Gasteiger partial charge in [-0.1, -0.05) is 11.6 Å². The van der Waals surface area contributed by atoms with Crippen LogP contribution in [0.1, 0.15) is 10.4 Å². The van der Waals surface area contributed by atoms with E-state index in [4.69, 9.17) is 16.7 Å². The van der Waals surface area contributed by atoms with Crippen LogP contribution < -0.4 is 0 Å². The number of rotatable bonds is 1. The number of fused-ring (bicyclic) bond motifs is 1. The second-order valence-corrected chi connectivity index (χ2v) is 4.48. The van der Waals surface area contributed by atoms with Crippen LogP contribution in [0.2, 0.25) is 4.34 Å². The van der Waals surface area contributed by atoms with Crippen LogP contribution in [0.4, 0.5) is 0 Å². The van der Waals surface area contributed by atoms with E-state index >= 15 is 0 Å². The summed E-state index contributed by atoms with van der Waals surface area (Å²) in [6.45, 7) is 0. The van der Waals surface area contributed by atoms with Crippen molar-refractivity contribution in [3.8, 4) is 5.75 Å². The van der Waals surface area contributed by atoms with Gasteiger partial charge >= 0.3 is 5.97 Å². The molecular formula is C9H5ClO3S. The topological polar surface area (TPSA) is 57.5 Å². The SMILES string of the molecule is O=C(O)c1cc(O)c2cc(Cl)sc2c1. The second kappa shape index (κ2) is 3.15. The van der Waals surface area contributed by atoms with Crippen molar-refractivity contribution in [2.24, 2.45) is 0 Å². The Hall–Kier alpha value is -1.26. The molecule has 0 aliphatic rings. The number of phenols is 1. The Morgan fingerprint density at radius 3 is 2.71 bits per heavy atom. The van der Waals surface area contributed by atoms with E-state index in [-0.39, 0.29) is 11.3 Å². The Labute approximate surface area is 88.2 Å². The summed E-state index contributed by atoms with van der Waals surface area (Å²) in [6.07, 6.45) is 0. The standard InChI is InChI=1S/C9H5ClO3S/c10-8-3-5-6(11)1-4(9(12)13)2-7(5)14-8/h1-3,11H,(H,12,13). The lowest BCUT2D eigenvalue weighted by molar-refractivity contribution is 0.0696. The Bertz CT molecular complexity index is 518. The van der Waals surface area contributed by atoms with Crippen LogP contribution in [-0.2, 0) is 0 Å². The fourth-order valence-corrected chi connectivity index (χ4v) is 2.42. The first-order valence-electron chi connectivity index (χ1n) is 3.73.